The van der Waals surface area contributed by atoms with Gasteiger partial charge >= 0.3 is 0 Å². The number of aryl methyl sites for hydroxylation is 1. The summed E-state index contributed by atoms with van der Waals surface area (Å²) in [5, 5.41) is 0.686. The molecule has 0 unspecified atom stereocenters. The van der Waals surface area contributed by atoms with E-state index in [1.54, 1.807) is 23.9 Å². The summed E-state index contributed by atoms with van der Waals surface area (Å²) in [7, 11) is 0. The van der Waals surface area contributed by atoms with Crippen LogP contribution in [0.3, 0.4) is 0 Å². The molecule has 2 aromatic rings. The topological polar surface area (TPSA) is 58.2 Å². The third-order valence-corrected chi connectivity index (χ3v) is 4.31. The fourth-order valence-electron chi connectivity index (χ4n) is 1.76. The summed E-state index contributed by atoms with van der Waals surface area (Å²) in [5.41, 5.74) is 6.41. The lowest BCUT2D eigenvalue weighted by molar-refractivity contribution is -0.121. The van der Waals surface area contributed by atoms with E-state index in [1.165, 1.54) is 0 Å². The van der Waals surface area contributed by atoms with Crippen LogP contribution in [0.1, 0.15) is 22.3 Å². The molecule has 0 radical (unpaired) electrons. The van der Waals surface area contributed by atoms with Crippen LogP contribution in [0.2, 0.25) is 5.02 Å². The molecule has 0 aliphatic heterocycles. The Morgan fingerprint density at radius 2 is 1.65 bits per heavy atom. The highest BCUT2D eigenvalue weighted by Crippen LogP contribution is 2.20. The molecule has 0 saturated carbocycles. The minimum absolute atomic E-state index is 0.230. The van der Waals surface area contributed by atoms with Gasteiger partial charge < -0.3 is 0 Å². The second-order valence-corrected chi connectivity index (χ2v) is 6.53. The maximum absolute atomic E-state index is 11.8. The van der Waals surface area contributed by atoms with E-state index in [1.807, 2.05) is 43.3 Å². The number of hydrogen-bond acceptors (Lipinski definition) is 3. The number of thioether (sulfide) groups is 1. The average Bonchev–Trinajstić information content (AvgIpc) is 2.55. The zero-order chi connectivity index (χ0) is 16.7. The van der Waals surface area contributed by atoms with Crippen molar-refractivity contribution in [1.82, 2.24) is 10.9 Å². The van der Waals surface area contributed by atoms with Gasteiger partial charge in [0.2, 0.25) is 5.91 Å². The molecule has 4 nitrogen and oxygen atoms in total. The second kappa shape index (κ2) is 8.60. The predicted octanol–water partition coefficient (Wildman–Crippen LogP) is 3.59. The predicted molar refractivity (Wildman–Crippen MR) is 93.6 cm³/mol. The second-order valence-electron chi connectivity index (χ2n) is 4.92. The molecule has 2 amide bonds. The lowest BCUT2D eigenvalue weighted by Gasteiger charge is -2.07. The summed E-state index contributed by atoms with van der Waals surface area (Å²) in [6, 6.07) is 14.6. The van der Waals surface area contributed by atoms with Crippen molar-refractivity contribution in [2.24, 2.45) is 0 Å². The number of hydrogen-bond donors (Lipinski definition) is 2. The Kier molecular flexibility index (Phi) is 6.50. The Morgan fingerprint density at radius 1 is 1.00 bits per heavy atom. The van der Waals surface area contributed by atoms with Crippen molar-refractivity contribution in [2.45, 2.75) is 18.2 Å². The van der Waals surface area contributed by atoms with Gasteiger partial charge in [0.25, 0.3) is 5.91 Å². The van der Waals surface area contributed by atoms with E-state index in [9.17, 15) is 9.59 Å². The SMILES string of the molecule is Cc1ccc(C(=O)NNC(=O)CCSc2ccc(Cl)cc2)cc1. The Morgan fingerprint density at radius 3 is 2.30 bits per heavy atom. The van der Waals surface area contributed by atoms with Crippen LogP contribution in [0, 0.1) is 6.92 Å². The van der Waals surface area contributed by atoms with Crippen LogP contribution in [0.4, 0.5) is 0 Å². The standard InChI is InChI=1S/C17H17ClN2O2S/c1-12-2-4-13(5-3-12)17(22)20-19-16(21)10-11-23-15-8-6-14(18)7-9-15/h2-9H,10-11H2,1H3,(H,19,21)(H,20,22). The molecule has 6 heteroatoms. The molecule has 0 aliphatic carbocycles. The minimum Gasteiger partial charge on any atom is -0.273 e. The number of nitrogens with one attached hydrogen (secondary N) is 2. The van der Waals surface area contributed by atoms with Crippen LogP contribution in [-0.2, 0) is 4.79 Å². The first-order valence-electron chi connectivity index (χ1n) is 7.09. The third kappa shape index (κ3) is 5.96. The van der Waals surface area contributed by atoms with Crippen molar-refractivity contribution in [3.05, 3.63) is 64.7 Å². The maximum atomic E-state index is 11.8. The summed E-state index contributed by atoms with van der Waals surface area (Å²) in [5.74, 6) is 0.0593. The largest absolute Gasteiger partial charge is 0.273 e. The van der Waals surface area contributed by atoms with Gasteiger partial charge in [0, 0.05) is 27.7 Å². The monoisotopic (exact) mass is 348 g/mol. The van der Waals surface area contributed by atoms with Crippen molar-refractivity contribution in [1.29, 1.82) is 0 Å². The molecule has 120 valence electrons. The van der Waals surface area contributed by atoms with Gasteiger partial charge in [0.05, 0.1) is 0 Å². The number of hydrazine groups is 1. The molecule has 23 heavy (non-hydrogen) atoms. The van der Waals surface area contributed by atoms with E-state index in [2.05, 4.69) is 10.9 Å². The van der Waals surface area contributed by atoms with E-state index in [-0.39, 0.29) is 11.8 Å². The number of halogens is 1. The third-order valence-electron chi connectivity index (χ3n) is 3.04. The normalized spacial score (nSPS) is 10.2. The van der Waals surface area contributed by atoms with Crippen LogP contribution >= 0.6 is 23.4 Å². The van der Waals surface area contributed by atoms with Crippen molar-refractivity contribution < 1.29 is 9.59 Å². The van der Waals surface area contributed by atoms with E-state index < -0.39 is 0 Å². The number of carbonyl (C=O) groups excluding carboxylic acids is 2. The number of amides is 2. The first-order chi connectivity index (χ1) is 11.0. The zero-order valence-corrected chi connectivity index (χ0v) is 14.2. The fourth-order valence-corrected chi connectivity index (χ4v) is 2.74. The highest BCUT2D eigenvalue weighted by atomic mass is 35.5. The first kappa shape index (κ1) is 17.4. The lowest BCUT2D eigenvalue weighted by atomic mass is 10.1. The average molecular weight is 349 g/mol. The molecule has 2 rings (SSSR count). The van der Waals surface area contributed by atoms with Gasteiger partial charge in [-0.25, -0.2) is 0 Å². The van der Waals surface area contributed by atoms with Crippen molar-refractivity contribution in [3.63, 3.8) is 0 Å². The maximum Gasteiger partial charge on any atom is 0.269 e. The molecule has 0 saturated heterocycles. The highest BCUT2D eigenvalue weighted by molar-refractivity contribution is 7.99. The molecule has 0 aliphatic rings. The van der Waals surface area contributed by atoms with Crippen molar-refractivity contribution in [2.75, 3.05) is 5.75 Å². The number of benzene rings is 2. The first-order valence-corrected chi connectivity index (χ1v) is 8.45. The Hall–Kier alpha value is -1.98. The summed E-state index contributed by atoms with van der Waals surface area (Å²) in [6.07, 6.45) is 0.307. The van der Waals surface area contributed by atoms with Crippen LogP contribution in [0.5, 0.6) is 0 Å². The van der Waals surface area contributed by atoms with Gasteiger partial charge in [-0.2, -0.15) is 0 Å². The molecular weight excluding hydrogens is 332 g/mol. The van der Waals surface area contributed by atoms with Crippen LogP contribution in [0.25, 0.3) is 0 Å². The Balaban J connectivity index is 1.69. The van der Waals surface area contributed by atoms with Crippen molar-refractivity contribution in [3.8, 4) is 0 Å². The fraction of sp³-hybridized carbons (Fsp3) is 0.176. The van der Waals surface area contributed by atoms with Gasteiger partial charge in [-0.3, -0.25) is 20.4 Å². The molecular formula is C17H17ClN2O2S. The minimum atomic E-state index is -0.330. The molecule has 0 fully saturated rings. The smallest absolute Gasteiger partial charge is 0.269 e. The summed E-state index contributed by atoms with van der Waals surface area (Å²) >= 11 is 7.37. The van der Waals surface area contributed by atoms with Gasteiger partial charge in [-0.05, 0) is 43.3 Å². The molecule has 2 aromatic carbocycles. The van der Waals surface area contributed by atoms with Gasteiger partial charge in [-0.15, -0.1) is 11.8 Å². The molecule has 0 heterocycles. The molecule has 0 spiro atoms. The van der Waals surface area contributed by atoms with E-state index in [0.717, 1.165) is 10.5 Å². The van der Waals surface area contributed by atoms with Gasteiger partial charge in [-0.1, -0.05) is 29.3 Å². The molecule has 2 N–H and O–H groups in total. The van der Waals surface area contributed by atoms with E-state index in [0.29, 0.717) is 22.8 Å². The zero-order valence-electron chi connectivity index (χ0n) is 12.6. The van der Waals surface area contributed by atoms with Crippen LogP contribution < -0.4 is 10.9 Å². The van der Waals surface area contributed by atoms with E-state index in [4.69, 9.17) is 11.6 Å². The van der Waals surface area contributed by atoms with Crippen LogP contribution in [0.15, 0.2) is 53.4 Å². The quantitative estimate of drug-likeness (QED) is 0.641. The summed E-state index contributed by atoms with van der Waals surface area (Å²) < 4.78 is 0. The van der Waals surface area contributed by atoms with E-state index >= 15 is 0 Å². The Bertz CT molecular complexity index is 672. The molecule has 0 bridgehead atoms. The lowest BCUT2D eigenvalue weighted by Crippen LogP contribution is -2.41. The van der Waals surface area contributed by atoms with Crippen molar-refractivity contribution >= 4 is 35.2 Å². The number of rotatable bonds is 5. The summed E-state index contributed by atoms with van der Waals surface area (Å²) in [6.45, 7) is 1.95. The molecule has 0 aromatic heterocycles. The molecule has 0 atom stereocenters. The van der Waals surface area contributed by atoms with Gasteiger partial charge in [0.15, 0.2) is 0 Å². The number of carbonyl (C=O) groups is 2. The Labute approximate surface area is 144 Å². The van der Waals surface area contributed by atoms with Gasteiger partial charge in [0.1, 0.15) is 0 Å². The highest BCUT2D eigenvalue weighted by Gasteiger charge is 2.07. The van der Waals surface area contributed by atoms with Crippen LogP contribution in [-0.4, -0.2) is 17.6 Å². The summed E-state index contributed by atoms with van der Waals surface area (Å²) in [4.78, 5) is 24.6.